The molecule has 0 bridgehead atoms. The number of nitrogens with zero attached hydrogens (tertiary/aromatic N) is 2. The second-order valence-corrected chi connectivity index (χ2v) is 6.95. The highest BCUT2D eigenvalue weighted by molar-refractivity contribution is 14.0. The monoisotopic (exact) mass is 514 g/mol. The van der Waals surface area contributed by atoms with Gasteiger partial charge in [-0.25, -0.2) is 0 Å². The van der Waals surface area contributed by atoms with Gasteiger partial charge in [-0.15, -0.1) is 24.0 Å². The normalized spacial score (nSPS) is 16.1. The zero-order valence-corrected chi connectivity index (χ0v) is 19.2. The first-order chi connectivity index (χ1) is 13.3. The van der Waals surface area contributed by atoms with Crippen LogP contribution in [0.3, 0.4) is 0 Å². The zero-order valence-electron chi connectivity index (χ0n) is 16.1. The molecule has 0 amide bonds. The third-order valence-electron chi connectivity index (χ3n) is 4.71. The predicted molar refractivity (Wildman–Crippen MR) is 127 cm³/mol. The number of halogens is 2. The minimum Gasteiger partial charge on any atom is -0.379 e. The number of nitrogens with one attached hydrogen (secondary N) is 2. The maximum atomic E-state index is 6.24. The lowest BCUT2D eigenvalue weighted by Gasteiger charge is -2.35. The summed E-state index contributed by atoms with van der Waals surface area (Å²) in [4.78, 5) is 6.79. The summed E-state index contributed by atoms with van der Waals surface area (Å²) >= 11 is 6.24. The first-order valence-electron chi connectivity index (χ1n) is 9.32. The van der Waals surface area contributed by atoms with E-state index in [4.69, 9.17) is 16.3 Å². The largest absolute Gasteiger partial charge is 0.379 e. The van der Waals surface area contributed by atoms with Crippen LogP contribution in [-0.2, 0) is 11.3 Å². The smallest absolute Gasteiger partial charge is 0.191 e. The highest BCUT2D eigenvalue weighted by Crippen LogP contribution is 2.23. The summed E-state index contributed by atoms with van der Waals surface area (Å²) in [5, 5.41) is 7.61. The Kier molecular flexibility index (Phi) is 10.0. The Morgan fingerprint density at radius 1 is 1.11 bits per heavy atom. The second kappa shape index (κ2) is 12.3. The molecule has 0 spiro atoms. The fraction of sp³-hybridized carbons (Fsp3) is 0.381. The van der Waals surface area contributed by atoms with E-state index >= 15 is 0 Å². The Hall–Kier alpha value is -1.35. The number of ether oxygens (including phenoxy) is 1. The van der Waals surface area contributed by atoms with Crippen LogP contribution in [0.25, 0.3) is 0 Å². The van der Waals surface area contributed by atoms with Crippen LogP contribution in [0.2, 0.25) is 5.02 Å². The van der Waals surface area contributed by atoms with Gasteiger partial charge in [0.1, 0.15) is 0 Å². The highest BCUT2D eigenvalue weighted by Gasteiger charge is 2.23. The Labute approximate surface area is 189 Å². The number of guanidine groups is 1. The third-order valence-corrected chi connectivity index (χ3v) is 4.94. The summed E-state index contributed by atoms with van der Waals surface area (Å²) in [6.07, 6.45) is 0. The van der Waals surface area contributed by atoms with Crippen LogP contribution in [0.5, 0.6) is 0 Å². The molecule has 0 saturated carbocycles. The minimum absolute atomic E-state index is 0. The topological polar surface area (TPSA) is 48.9 Å². The van der Waals surface area contributed by atoms with Crippen molar-refractivity contribution >= 4 is 41.5 Å². The van der Waals surface area contributed by atoms with Crippen LogP contribution >= 0.6 is 35.6 Å². The van der Waals surface area contributed by atoms with Gasteiger partial charge in [-0.3, -0.25) is 9.89 Å². The molecule has 1 unspecified atom stereocenters. The molecule has 152 valence electrons. The maximum Gasteiger partial charge on any atom is 0.191 e. The molecular weight excluding hydrogens is 487 g/mol. The van der Waals surface area contributed by atoms with Gasteiger partial charge < -0.3 is 15.4 Å². The Bertz CT molecular complexity index is 738. The molecule has 0 aromatic heterocycles. The molecule has 1 aliphatic rings. The van der Waals surface area contributed by atoms with Crippen molar-refractivity contribution in [1.29, 1.82) is 0 Å². The number of rotatable bonds is 6. The van der Waals surface area contributed by atoms with E-state index in [1.807, 2.05) is 36.4 Å². The number of hydrogen-bond donors (Lipinski definition) is 2. The van der Waals surface area contributed by atoms with Crippen LogP contribution in [0, 0.1) is 0 Å². The maximum absolute atomic E-state index is 6.24. The summed E-state index contributed by atoms with van der Waals surface area (Å²) in [7, 11) is 1.80. The van der Waals surface area contributed by atoms with Crippen LogP contribution in [0.4, 0.5) is 0 Å². The van der Waals surface area contributed by atoms with Crippen LogP contribution in [0.1, 0.15) is 17.2 Å². The van der Waals surface area contributed by atoms with Crippen molar-refractivity contribution in [3.63, 3.8) is 0 Å². The van der Waals surface area contributed by atoms with Crippen molar-refractivity contribution in [2.45, 2.75) is 12.6 Å². The number of morpholine rings is 1. The molecule has 1 heterocycles. The summed E-state index contributed by atoms with van der Waals surface area (Å²) in [5.41, 5.74) is 2.43. The quantitative estimate of drug-likeness (QED) is 0.351. The van der Waals surface area contributed by atoms with Gasteiger partial charge in [-0.2, -0.15) is 0 Å². The van der Waals surface area contributed by atoms with Gasteiger partial charge in [-0.1, -0.05) is 54.1 Å². The SMILES string of the molecule is CN=C(NCc1ccccc1)NCC(c1cccc(Cl)c1)N1CCOCC1.I. The third kappa shape index (κ3) is 6.92. The van der Waals surface area contributed by atoms with Gasteiger partial charge in [0, 0.05) is 38.2 Å². The van der Waals surface area contributed by atoms with Crippen molar-refractivity contribution in [1.82, 2.24) is 15.5 Å². The molecule has 1 saturated heterocycles. The molecule has 28 heavy (non-hydrogen) atoms. The molecule has 5 nitrogen and oxygen atoms in total. The van der Waals surface area contributed by atoms with E-state index in [-0.39, 0.29) is 30.0 Å². The predicted octanol–water partition coefficient (Wildman–Crippen LogP) is 3.70. The lowest BCUT2D eigenvalue weighted by Crippen LogP contribution is -2.46. The Morgan fingerprint density at radius 2 is 1.86 bits per heavy atom. The number of benzene rings is 2. The molecule has 1 aliphatic heterocycles. The molecule has 0 radical (unpaired) electrons. The number of hydrogen-bond acceptors (Lipinski definition) is 3. The van der Waals surface area contributed by atoms with E-state index in [1.54, 1.807) is 7.05 Å². The van der Waals surface area contributed by atoms with E-state index < -0.39 is 0 Å². The molecular formula is C21H28ClIN4O. The Balaban J connectivity index is 0.00000280. The van der Waals surface area contributed by atoms with E-state index in [2.05, 4.69) is 38.7 Å². The first kappa shape index (κ1) is 22.9. The fourth-order valence-corrected chi connectivity index (χ4v) is 3.46. The van der Waals surface area contributed by atoms with Crippen molar-refractivity contribution < 1.29 is 4.74 Å². The lowest BCUT2D eigenvalue weighted by atomic mass is 10.0. The summed E-state index contributed by atoms with van der Waals surface area (Å²) in [6.45, 7) is 4.83. The summed E-state index contributed by atoms with van der Waals surface area (Å²) in [5.74, 6) is 0.791. The van der Waals surface area contributed by atoms with Gasteiger partial charge in [0.05, 0.1) is 19.3 Å². The molecule has 1 fully saturated rings. The number of aliphatic imine (C=N–C) groups is 1. The van der Waals surface area contributed by atoms with Crippen molar-refractivity contribution in [2.24, 2.45) is 4.99 Å². The van der Waals surface area contributed by atoms with Crippen LogP contribution in [0.15, 0.2) is 59.6 Å². The summed E-state index contributed by atoms with van der Waals surface area (Å²) < 4.78 is 5.52. The lowest BCUT2D eigenvalue weighted by molar-refractivity contribution is 0.0170. The van der Waals surface area contributed by atoms with Gasteiger partial charge in [0.2, 0.25) is 0 Å². The van der Waals surface area contributed by atoms with Crippen molar-refractivity contribution in [2.75, 3.05) is 39.9 Å². The molecule has 7 heteroatoms. The Morgan fingerprint density at radius 3 is 2.54 bits per heavy atom. The van der Waals surface area contributed by atoms with E-state index in [1.165, 1.54) is 11.1 Å². The van der Waals surface area contributed by atoms with E-state index in [0.29, 0.717) is 0 Å². The van der Waals surface area contributed by atoms with Gasteiger partial charge in [-0.05, 0) is 23.3 Å². The van der Waals surface area contributed by atoms with Crippen molar-refractivity contribution in [3.05, 3.63) is 70.7 Å². The molecule has 2 aromatic rings. The molecule has 2 N–H and O–H groups in total. The van der Waals surface area contributed by atoms with Crippen LogP contribution in [-0.4, -0.2) is 50.8 Å². The molecule has 0 aliphatic carbocycles. The van der Waals surface area contributed by atoms with Crippen LogP contribution < -0.4 is 10.6 Å². The summed E-state index contributed by atoms with van der Waals surface area (Å²) in [6, 6.07) is 18.6. The average molecular weight is 515 g/mol. The van der Waals surface area contributed by atoms with Gasteiger partial charge in [0.15, 0.2) is 5.96 Å². The average Bonchev–Trinajstić information content (AvgIpc) is 2.72. The first-order valence-corrected chi connectivity index (χ1v) is 9.70. The standard InChI is InChI=1S/C21H27ClN4O.HI/c1-23-21(24-15-17-6-3-2-4-7-17)25-16-20(26-10-12-27-13-11-26)18-8-5-9-19(22)14-18;/h2-9,14,20H,10-13,15-16H2,1H3,(H2,23,24,25);1H. The minimum atomic E-state index is 0. The van der Waals surface area contributed by atoms with E-state index in [9.17, 15) is 0 Å². The molecule has 1 atom stereocenters. The van der Waals surface area contributed by atoms with Crippen molar-refractivity contribution in [3.8, 4) is 0 Å². The van der Waals surface area contributed by atoms with Gasteiger partial charge >= 0.3 is 0 Å². The molecule has 2 aromatic carbocycles. The highest BCUT2D eigenvalue weighted by atomic mass is 127. The second-order valence-electron chi connectivity index (χ2n) is 6.51. The van der Waals surface area contributed by atoms with Gasteiger partial charge in [0.25, 0.3) is 0 Å². The zero-order chi connectivity index (χ0) is 18.9. The fourth-order valence-electron chi connectivity index (χ4n) is 3.26. The molecule has 3 rings (SSSR count). The van der Waals surface area contributed by atoms with E-state index in [0.717, 1.165) is 50.4 Å².